The number of carboxylic acids is 1. The summed E-state index contributed by atoms with van der Waals surface area (Å²) in [6.07, 6.45) is 1.63. The number of carbonyl (C=O) groups excluding carboxylic acids is 1. The number of carboxylic acid groups (broad SMARTS) is 1. The Bertz CT molecular complexity index is 761. The fourth-order valence-electron chi connectivity index (χ4n) is 3.69. The number of fused-ring (bicyclic) bond motifs is 1. The van der Waals surface area contributed by atoms with Gasteiger partial charge in [-0.05, 0) is 36.2 Å². The highest BCUT2D eigenvalue weighted by Crippen LogP contribution is 2.23. The molecule has 0 radical (unpaired) electrons. The summed E-state index contributed by atoms with van der Waals surface area (Å²) in [5, 5.41) is 11.1. The molecule has 0 aromatic heterocycles. The summed E-state index contributed by atoms with van der Waals surface area (Å²) < 4.78 is 0. The first kappa shape index (κ1) is 17.4. The molecule has 0 bridgehead atoms. The maximum absolute atomic E-state index is 13.0. The van der Waals surface area contributed by atoms with Gasteiger partial charge in [0.15, 0.2) is 0 Å². The summed E-state index contributed by atoms with van der Waals surface area (Å²) in [4.78, 5) is 27.8. The van der Waals surface area contributed by atoms with Crippen molar-refractivity contribution >= 4 is 22.6 Å². The number of benzene rings is 2. The lowest BCUT2D eigenvalue weighted by molar-refractivity contribution is -0.139. The molecular weight excluding hydrogens is 316 g/mol. The second kappa shape index (κ2) is 7.66. The van der Waals surface area contributed by atoms with E-state index in [0.29, 0.717) is 19.6 Å². The van der Waals surface area contributed by atoms with Crippen LogP contribution in [0.25, 0.3) is 10.8 Å². The van der Waals surface area contributed by atoms with Crippen LogP contribution in [0.5, 0.6) is 0 Å². The predicted octanol–water partition coefficient (Wildman–Crippen LogP) is 2.85. The Morgan fingerprint density at radius 2 is 1.80 bits per heavy atom. The van der Waals surface area contributed by atoms with E-state index in [4.69, 9.17) is 5.11 Å². The van der Waals surface area contributed by atoms with Gasteiger partial charge in [0.2, 0.25) is 0 Å². The summed E-state index contributed by atoms with van der Waals surface area (Å²) in [5.74, 6) is -0.729. The zero-order valence-electron chi connectivity index (χ0n) is 14.5. The fourth-order valence-corrected chi connectivity index (χ4v) is 3.69. The molecule has 5 heteroatoms. The van der Waals surface area contributed by atoms with Crippen molar-refractivity contribution in [3.8, 4) is 0 Å². The molecule has 1 heterocycles. The number of carbonyl (C=O) groups is 2. The van der Waals surface area contributed by atoms with Gasteiger partial charge in [-0.2, -0.15) is 0 Å². The molecule has 1 N–H and O–H groups in total. The average Bonchev–Trinajstić information content (AvgIpc) is 2.65. The first-order valence-electron chi connectivity index (χ1n) is 8.83. The zero-order valence-corrected chi connectivity index (χ0v) is 14.5. The standard InChI is InChI=1S/C20H24N2O3/c1-2-21(14-19(23)24)16-10-12-22(13-11-16)20(25)18-9-5-7-15-6-3-4-8-17(15)18/h3-9,16H,2,10-14H2,1H3,(H,23,24). The van der Waals surface area contributed by atoms with Crippen molar-refractivity contribution in [2.24, 2.45) is 0 Å². The van der Waals surface area contributed by atoms with Crippen LogP contribution in [-0.4, -0.2) is 59.0 Å². The molecule has 132 valence electrons. The summed E-state index contributed by atoms with van der Waals surface area (Å²) in [5.41, 5.74) is 0.745. The quantitative estimate of drug-likeness (QED) is 0.909. The first-order valence-corrected chi connectivity index (χ1v) is 8.83. The van der Waals surface area contributed by atoms with Crippen molar-refractivity contribution in [1.29, 1.82) is 0 Å². The molecule has 2 aromatic rings. The molecule has 0 spiro atoms. The van der Waals surface area contributed by atoms with E-state index in [1.54, 1.807) is 0 Å². The minimum atomic E-state index is -0.795. The van der Waals surface area contributed by atoms with Crippen LogP contribution in [0.4, 0.5) is 0 Å². The Hall–Kier alpha value is -2.40. The smallest absolute Gasteiger partial charge is 0.317 e. The van der Waals surface area contributed by atoms with E-state index in [9.17, 15) is 9.59 Å². The van der Waals surface area contributed by atoms with Gasteiger partial charge in [0.1, 0.15) is 0 Å². The highest BCUT2D eigenvalue weighted by atomic mass is 16.4. The van der Waals surface area contributed by atoms with E-state index in [1.165, 1.54) is 0 Å². The topological polar surface area (TPSA) is 60.9 Å². The van der Waals surface area contributed by atoms with Gasteiger partial charge in [-0.25, -0.2) is 0 Å². The van der Waals surface area contributed by atoms with Crippen molar-refractivity contribution < 1.29 is 14.7 Å². The number of rotatable bonds is 5. The minimum absolute atomic E-state index is 0.0662. The largest absolute Gasteiger partial charge is 0.480 e. The van der Waals surface area contributed by atoms with Crippen molar-refractivity contribution in [3.05, 3.63) is 48.0 Å². The van der Waals surface area contributed by atoms with E-state index in [0.717, 1.165) is 29.2 Å². The molecule has 3 rings (SSSR count). The van der Waals surface area contributed by atoms with Crippen molar-refractivity contribution in [2.75, 3.05) is 26.2 Å². The van der Waals surface area contributed by atoms with Crippen molar-refractivity contribution in [3.63, 3.8) is 0 Å². The number of aliphatic carboxylic acids is 1. The van der Waals surface area contributed by atoms with Gasteiger partial charge in [0.25, 0.3) is 5.91 Å². The average molecular weight is 340 g/mol. The normalized spacial score (nSPS) is 15.7. The molecule has 1 fully saturated rings. The first-order chi connectivity index (χ1) is 12.1. The lowest BCUT2D eigenvalue weighted by Gasteiger charge is -2.37. The van der Waals surface area contributed by atoms with Gasteiger partial charge < -0.3 is 10.0 Å². The molecule has 0 atom stereocenters. The molecule has 1 aliphatic rings. The van der Waals surface area contributed by atoms with Gasteiger partial charge in [0.05, 0.1) is 6.54 Å². The van der Waals surface area contributed by atoms with Crippen LogP contribution in [-0.2, 0) is 4.79 Å². The second-order valence-corrected chi connectivity index (χ2v) is 6.51. The minimum Gasteiger partial charge on any atom is -0.480 e. The Morgan fingerprint density at radius 1 is 1.12 bits per heavy atom. The van der Waals surface area contributed by atoms with Crippen LogP contribution in [0, 0.1) is 0 Å². The zero-order chi connectivity index (χ0) is 17.8. The number of nitrogens with zero attached hydrogens (tertiary/aromatic N) is 2. The van der Waals surface area contributed by atoms with Gasteiger partial charge in [-0.15, -0.1) is 0 Å². The molecule has 0 aliphatic carbocycles. The molecule has 1 aliphatic heterocycles. The maximum Gasteiger partial charge on any atom is 0.317 e. The Balaban J connectivity index is 1.70. The summed E-state index contributed by atoms with van der Waals surface area (Å²) >= 11 is 0. The van der Waals surface area contributed by atoms with E-state index in [2.05, 4.69) is 0 Å². The number of likely N-dealkylation sites (tertiary alicyclic amines) is 1. The number of amides is 1. The van der Waals surface area contributed by atoms with Crippen LogP contribution < -0.4 is 0 Å². The van der Waals surface area contributed by atoms with Crippen LogP contribution in [0.15, 0.2) is 42.5 Å². The van der Waals surface area contributed by atoms with Gasteiger partial charge in [-0.3, -0.25) is 14.5 Å². The number of likely N-dealkylation sites (N-methyl/N-ethyl adjacent to an activating group) is 1. The number of hydrogen-bond donors (Lipinski definition) is 1. The Kier molecular flexibility index (Phi) is 5.34. The second-order valence-electron chi connectivity index (χ2n) is 6.51. The van der Waals surface area contributed by atoms with E-state index < -0.39 is 5.97 Å². The molecule has 5 nitrogen and oxygen atoms in total. The Morgan fingerprint density at radius 3 is 2.48 bits per heavy atom. The maximum atomic E-state index is 13.0. The molecular formula is C20H24N2O3. The van der Waals surface area contributed by atoms with Crippen LogP contribution in [0.3, 0.4) is 0 Å². The third kappa shape index (κ3) is 3.82. The Labute approximate surface area is 147 Å². The summed E-state index contributed by atoms with van der Waals surface area (Å²) in [6, 6.07) is 14.0. The lowest BCUT2D eigenvalue weighted by atomic mass is 10.00. The summed E-state index contributed by atoms with van der Waals surface area (Å²) in [7, 11) is 0. The number of piperidine rings is 1. The monoisotopic (exact) mass is 340 g/mol. The van der Waals surface area contributed by atoms with Gasteiger partial charge in [0, 0.05) is 24.7 Å². The highest BCUT2D eigenvalue weighted by Gasteiger charge is 2.28. The van der Waals surface area contributed by atoms with E-state index >= 15 is 0 Å². The molecule has 1 saturated heterocycles. The third-order valence-electron chi connectivity index (χ3n) is 5.03. The van der Waals surface area contributed by atoms with Crippen LogP contribution in [0.2, 0.25) is 0 Å². The van der Waals surface area contributed by atoms with Gasteiger partial charge >= 0.3 is 5.97 Å². The van der Waals surface area contributed by atoms with E-state index in [1.807, 2.05) is 59.2 Å². The number of hydrogen-bond acceptors (Lipinski definition) is 3. The molecule has 25 heavy (non-hydrogen) atoms. The van der Waals surface area contributed by atoms with Crippen LogP contribution in [0.1, 0.15) is 30.1 Å². The lowest BCUT2D eigenvalue weighted by Crippen LogP contribution is -2.48. The van der Waals surface area contributed by atoms with Crippen molar-refractivity contribution in [2.45, 2.75) is 25.8 Å². The predicted molar refractivity (Wildman–Crippen MR) is 97.8 cm³/mol. The third-order valence-corrected chi connectivity index (χ3v) is 5.03. The van der Waals surface area contributed by atoms with Crippen molar-refractivity contribution in [1.82, 2.24) is 9.80 Å². The fraction of sp³-hybridized carbons (Fsp3) is 0.400. The van der Waals surface area contributed by atoms with E-state index in [-0.39, 0.29) is 18.5 Å². The molecule has 1 amide bonds. The summed E-state index contributed by atoms with van der Waals surface area (Å²) in [6.45, 7) is 4.11. The van der Waals surface area contributed by atoms with Gasteiger partial charge in [-0.1, -0.05) is 43.3 Å². The highest BCUT2D eigenvalue weighted by molar-refractivity contribution is 6.07. The molecule has 2 aromatic carbocycles. The molecule has 0 unspecified atom stereocenters. The van der Waals surface area contributed by atoms with Crippen LogP contribution >= 0.6 is 0 Å². The molecule has 0 saturated carbocycles. The SMILES string of the molecule is CCN(CC(=O)O)C1CCN(C(=O)c2cccc3ccccc23)CC1.